The van der Waals surface area contributed by atoms with Gasteiger partial charge < -0.3 is 37.0 Å². The first kappa shape index (κ1) is 28.0. The van der Waals surface area contributed by atoms with Gasteiger partial charge in [-0.15, -0.1) is 0 Å². The largest absolute Gasteiger partial charge is 0.481 e. The molecule has 4 atom stereocenters. The topological polar surface area (TPSA) is 225 Å². The van der Waals surface area contributed by atoms with Crippen molar-refractivity contribution in [3.8, 4) is 0 Å². The van der Waals surface area contributed by atoms with Crippen LogP contribution < -0.4 is 21.7 Å². The Morgan fingerprint density at radius 2 is 1.38 bits per heavy atom. The smallest absolute Gasteiger partial charge is 0.325 e. The number of carboxylic acid groups (broad SMARTS) is 3. The van der Waals surface area contributed by atoms with Crippen molar-refractivity contribution in [3.63, 3.8) is 0 Å². The lowest BCUT2D eigenvalue weighted by Gasteiger charge is -2.24. The molecule has 4 unspecified atom stereocenters. The third-order valence-corrected chi connectivity index (χ3v) is 4.66. The predicted octanol–water partition coefficient (Wildman–Crippen LogP) is -1.55. The van der Waals surface area contributed by atoms with Gasteiger partial charge in [0.2, 0.25) is 17.7 Å². The Morgan fingerprint density at radius 1 is 0.824 bits per heavy atom. The van der Waals surface area contributed by atoms with E-state index >= 15 is 0 Å². The molecule has 0 saturated carbocycles. The minimum absolute atomic E-state index is 0.136. The van der Waals surface area contributed by atoms with Crippen LogP contribution >= 0.6 is 0 Å². The van der Waals surface area contributed by atoms with Crippen molar-refractivity contribution in [2.75, 3.05) is 0 Å². The first-order valence-electron chi connectivity index (χ1n) is 10.3. The van der Waals surface area contributed by atoms with Crippen molar-refractivity contribution in [3.05, 3.63) is 35.9 Å². The highest BCUT2D eigenvalue weighted by atomic mass is 16.4. The highest BCUT2D eigenvalue weighted by Crippen LogP contribution is 2.05. The fourth-order valence-corrected chi connectivity index (χ4v) is 2.81. The van der Waals surface area contributed by atoms with E-state index in [-0.39, 0.29) is 12.8 Å². The SMILES string of the molecule is CC(NC(=O)C(CC(=O)O)NC(=O)C(CCC(=O)O)NC(=O)C(N)Cc1ccccc1)C(=O)O. The van der Waals surface area contributed by atoms with E-state index in [2.05, 4.69) is 10.6 Å². The summed E-state index contributed by atoms with van der Waals surface area (Å²) in [6.45, 7) is 1.14. The summed E-state index contributed by atoms with van der Waals surface area (Å²) < 4.78 is 0. The summed E-state index contributed by atoms with van der Waals surface area (Å²) in [5.74, 6) is -6.95. The van der Waals surface area contributed by atoms with Crippen LogP contribution in [-0.4, -0.2) is 75.1 Å². The molecule has 0 aliphatic carbocycles. The second kappa shape index (κ2) is 13.5. The van der Waals surface area contributed by atoms with Crippen LogP contribution in [0.4, 0.5) is 0 Å². The van der Waals surface area contributed by atoms with Gasteiger partial charge >= 0.3 is 17.9 Å². The Hall–Kier alpha value is -4.00. The maximum absolute atomic E-state index is 12.7. The fraction of sp³-hybridized carbons (Fsp3) is 0.429. The normalized spacial score (nSPS) is 14.1. The Balaban J connectivity index is 2.94. The first-order valence-corrected chi connectivity index (χ1v) is 10.3. The second-order valence-electron chi connectivity index (χ2n) is 7.52. The number of aliphatic carboxylic acids is 3. The van der Waals surface area contributed by atoms with Gasteiger partial charge in [-0.2, -0.15) is 0 Å². The molecule has 0 aliphatic heterocycles. The number of amides is 3. The molecular weight excluding hydrogens is 452 g/mol. The average molecular weight is 480 g/mol. The number of hydrogen-bond donors (Lipinski definition) is 7. The van der Waals surface area contributed by atoms with E-state index in [1.807, 2.05) is 5.32 Å². The number of carbonyl (C=O) groups is 6. The quantitative estimate of drug-likeness (QED) is 0.162. The van der Waals surface area contributed by atoms with E-state index in [4.69, 9.17) is 21.1 Å². The van der Waals surface area contributed by atoms with Crippen molar-refractivity contribution < 1.29 is 44.1 Å². The van der Waals surface area contributed by atoms with Crippen LogP contribution in [0.2, 0.25) is 0 Å². The third kappa shape index (κ3) is 10.1. The van der Waals surface area contributed by atoms with E-state index in [0.717, 1.165) is 12.5 Å². The summed E-state index contributed by atoms with van der Waals surface area (Å²) in [6.07, 6.45) is -1.62. The predicted molar refractivity (Wildman–Crippen MR) is 116 cm³/mol. The van der Waals surface area contributed by atoms with Gasteiger partial charge in [-0.25, -0.2) is 0 Å². The molecule has 0 bridgehead atoms. The lowest BCUT2D eigenvalue weighted by atomic mass is 10.0. The molecule has 0 fully saturated rings. The van der Waals surface area contributed by atoms with Crippen molar-refractivity contribution in [2.24, 2.45) is 5.73 Å². The van der Waals surface area contributed by atoms with Gasteiger partial charge in [0.25, 0.3) is 0 Å². The standard InChI is InChI=1S/C21H28N4O9/c1-11(21(33)34)23-20(32)15(10-17(28)29)25-19(31)14(7-8-16(26)27)24-18(30)13(22)9-12-5-3-2-4-6-12/h2-6,11,13-15H,7-10,22H2,1H3,(H,23,32)(H,24,30)(H,25,31)(H,26,27)(H,28,29)(H,33,34). The number of nitrogens with two attached hydrogens (primary N) is 1. The van der Waals surface area contributed by atoms with E-state index in [9.17, 15) is 28.8 Å². The highest BCUT2D eigenvalue weighted by Gasteiger charge is 2.31. The molecule has 186 valence electrons. The molecule has 1 aromatic rings. The van der Waals surface area contributed by atoms with Crippen LogP contribution in [0.15, 0.2) is 30.3 Å². The number of benzene rings is 1. The maximum atomic E-state index is 12.7. The van der Waals surface area contributed by atoms with Crippen molar-refractivity contribution in [1.82, 2.24) is 16.0 Å². The summed E-state index contributed by atoms with van der Waals surface area (Å²) in [5.41, 5.74) is 6.65. The fourth-order valence-electron chi connectivity index (χ4n) is 2.81. The molecule has 0 aliphatic rings. The minimum Gasteiger partial charge on any atom is -0.481 e. The van der Waals surface area contributed by atoms with E-state index in [0.29, 0.717) is 0 Å². The molecule has 0 spiro atoms. The Morgan fingerprint density at radius 3 is 1.91 bits per heavy atom. The van der Waals surface area contributed by atoms with Gasteiger partial charge in [0.1, 0.15) is 18.1 Å². The van der Waals surface area contributed by atoms with Gasteiger partial charge in [0.05, 0.1) is 12.5 Å². The number of carbonyl (C=O) groups excluding carboxylic acids is 3. The monoisotopic (exact) mass is 480 g/mol. The summed E-state index contributed by atoms with van der Waals surface area (Å²) >= 11 is 0. The highest BCUT2D eigenvalue weighted by molar-refractivity contribution is 5.95. The van der Waals surface area contributed by atoms with Gasteiger partial charge in [0.15, 0.2) is 0 Å². The molecule has 1 rings (SSSR count). The number of hydrogen-bond acceptors (Lipinski definition) is 7. The minimum atomic E-state index is -1.67. The molecule has 8 N–H and O–H groups in total. The number of carboxylic acids is 3. The molecule has 13 nitrogen and oxygen atoms in total. The Labute approximate surface area is 194 Å². The van der Waals surface area contributed by atoms with Crippen LogP contribution in [-0.2, 0) is 35.2 Å². The zero-order chi connectivity index (χ0) is 25.8. The van der Waals surface area contributed by atoms with Crippen LogP contribution in [0, 0.1) is 0 Å². The lowest BCUT2D eigenvalue weighted by molar-refractivity contribution is -0.143. The van der Waals surface area contributed by atoms with Crippen LogP contribution in [0.5, 0.6) is 0 Å². The van der Waals surface area contributed by atoms with Crippen molar-refractivity contribution >= 4 is 35.6 Å². The van der Waals surface area contributed by atoms with Crippen LogP contribution in [0.25, 0.3) is 0 Å². The van der Waals surface area contributed by atoms with Crippen molar-refractivity contribution in [1.29, 1.82) is 0 Å². The average Bonchev–Trinajstić information content (AvgIpc) is 2.75. The molecule has 0 radical (unpaired) electrons. The molecule has 13 heteroatoms. The summed E-state index contributed by atoms with van der Waals surface area (Å²) in [6, 6.07) is 3.23. The van der Waals surface area contributed by atoms with Gasteiger partial charge in [-0.05, 0) is 25.3 Å². The number of rotatable bonds is 14. The molecule has 3 amide bonds. The summed E-state index contributed by atoms with van der Waals surface area (Å²) in [5, 5.41) is 33.4. The van der Waals surface area contributed by atoms with E-state index in [1.54, 1.807) is 30.3 Å². The van der Waals surface area contributed by atoms with Gasteiger partial charge in [0, 0.05) is 6.42 Å². The summed E-state index contributed by atoms with van der Waals surface area (Å²) in [4.78, 5) is 70.6. The maximum Gasteiger partial charge on any atom is 0.325 e. The van der Waals surface area contributed by atoms with Crippen LogP contribution in [0.1, 0.15) is 31.7 Å². The molecule has 34 heavy (non-hydrogen) atoms. The molecule has 0 heterocycles. The zero-order valence-corrected chi connectivity index (χ0v) is 18.4. The first-order chi connectivity index (χ1) is 15.9. The van der Waals surface area contributed by atoms with Gasteiger partial charge in [-0.1, -0.05) is 30.3 Å². The van der Waals surface area contributed by atoms with Crippen molar-refractivity contribution in [2.45, 2.75) is 56.8 Å². The molecule has 0 saturated heterocycles. The van der Waals surface area contributed by atoms with E-state index in [1.165, 1.54) is 0 Å². The summed E-state index contributed by atoms with van der Waals surface area (Å²) in [7, 11) is 0. The van der Waals surface area contributed by atoms with Crippen LogP contribution in [0.3, 0.4) is 0 Å². The second-order valence-corrected chi connectivity index (χ2v) is 7.52. The van der Waals surface area contributed by atoms with Gasteiger partial charge in [-0.3, -0.25) is 28.8 Å². The molecule has 1 aromatic carbocycles. The lowest BCUT2D eigenvalue weighted by Crippen LogP contribution is -2.57. The Kier molecular flexibility index (Phi) is 11.2. The molecular formula is C21H28N4O9. The molecule has 0 aromatic heterocycles. The zero-order valence-electron chi connectivity index (χ0n) is 18.4. The van der Waals surface area contributed by atoms with E-state index < -0.39 is 72.6 Å². The third-order valence-electron chi connectivity index (χ3n) is 4.66. The number of nitrogens with one attached hydrogen (secondary N) is 3. The Bertz CT molecular complexity index is 907.